The van der Waals surface area contributed by atoms with Gasteiger partial charge in [-0.25, -0.2) is 0 Å². The molecule has 2 heterocycles. The summed E-state index contributed by atoms with van der Waals surface area (Å²) in [7, 11) is 0. The van der Waals surface area contributed by atoms with Gasteiger partial charge in [-0.1, -0.05) is 11.8 Å². The minimum Gasteiger partial charge on any atom is -0.395 e. The molecule has 1 aliphatic rings. The van der Waals surface area contributed by atoms with Gasteiger partial charge in [-0.2, -0.15) is 0 Å². The first-order valence-electron chi connectivity index (χ1n) is 7.10. The molecule has 2 N–H and O–H groups in total. The van der Waals surface area contributed by atoms with Crippen LogP contribution < -0.4 is 5.32 Å². The standard InChI is InChI=1S/C16H21NO3S/c1-11-10-14(21-13(11)6-4-5-8-18)15(19)17-16(3)7-9-20-12(16)2/h10,12,18H,5,7-9H2,1-3H3,(H,17,19). The van der Waals surface area contributed by atoms with Crippen LogP contribution in [0, 0.1) is 18.8 Å². The smallest absolute Gasteiger partial charge is 0.261 e. The Bertz CT molecular complexity index is 584. The molecule has 114 valence electrons. The van der Waals surface area contributed by atoms with Crippen molar-refractivity contribution in [3.63, 3.8) is 0 Å². The number of ether oxygens (including phenoxy) is 1. The summed E-state index contributed by atoms with van der Waals surface area (Å²) >= 11 is 1.39. The van der Waals surface area contributed by atoms with Crippen LogP contribution in [0.1, 0.15) is 46.8 Å². The Labute approximate surface area is 129 Å². The van der Waals surface area contributed by atoms with Crippen LogP contribution in [0.25, 0.3) is 0 Å². The Morgan fingerprint density at radius 2 is 2.43 bits per heavy atom. The third-order valence-electron chi connectivity index (χ3n) is 3.87. The van der Waals surface area contributed by atoms with Crippen molar-refractivity contribution in [2.75, 3.05) is 13.2 Å². The van der Waals surface area contributed by atoms with Crippen LogP contribution in [-0.2, 0) is 4.74 Å². The first-order chi connectivity index (χ1) is 9.96. The largest absolute Gasteiger partial charge is 0.395 e. The third kappa shape index (κ3) is 3.65. The molecule has 0 spiro atoms. The van der Waals surface area contributed by atoms with Crippen molar-refractivity contribution in [1.29, 1.82) is 0 Å². The molecule has 1 amide bonds. The summed E-state index contributed by atoms with van der Waals surface area (Å²) in [5, 5.41) is 11.8. The van der Waals surface area contributed by atoms with Crippen molar-refractivity contribution < 1.29 is 14.6 Å². The lowest BCUT2D eigenvalue weighted by Gasteiger charge is -2.28. The van der Waals surface area contributed by atoms with Gasteiger partial charge in [0.1, 0.15) is 0 Å². The molecule has 1 saturated heterocycles. The first kappa shape index (κ1) is 16.0. The molecule has 2 atom stereocenters. The van der Waals surface area contributed by atoms with Gasteiger partial charge >= 0.3 is 0 Å². The van der Waals surface area contributed by atoms with E-state index in [1.165, 1.54) is 11.3 Å². The fourth-order valence-corrected chi connectivity index (χ4v) is 3.18. The molecule has 0 saturated carbocycles. The van der Waals surface area contributed by atoms with Gasteiger partial charge in [0.15, 0.2) is 0 Å². The Hall–Kier alpha value is -1.35. The molecular formula is C16H21NO3S. The fourth-order valence-electron chi connectivity index (χ4n) is 2.24. The van der Waals surface area contributed by atoms with Crippen LogP contribution in [-0.4, -0.2) is 35.9 Å². The van der Waals surface area contributed by atoms with Gasteiger partial charge in [0.05, 0.1) is 28.0 Å². The van der Waals surface area contributed by atoms with Crippen molar-refractivity contribution in [2.24, 2.45) is 0 Å². The van der Waals surface area contributed by atoms with Gasteiger partial charge in [0.2, 0.25) is 0 Å². The topological polar surface area (TPSA) is 58.6 Å². The third-order valence-corrected chi connectivity index (χ3v) is 5.02. The summed E-state index contributed by atoms with van der Waals surface area (Å²) in [6.07, 6.45) is 1.30. The number of carbonyl (C=O) groups excluding carboxylic acids is 1. The lowest BCUT2D eigenvalue weighted by molar-refractivity contribution is 0.0730. The zero-order valence-corrected chi connectivity index (χ0v) is 13.5. The second-order valence-corrected chi connectivity index (χ2v) is 6.58. The average molecular weight is 307 g/mol. The van der Waals surface area contributed by atoms with Gasteiger partial charge in [-0.05, 0) is 38.8 Å². The van der Waals surface area contributed by atoms with E-state index in [0.717, 1.165) is 16.9 Å². The Balaban J connectivity index is 2.10. The van der Waals surface area contributed by atoms with Crippen LogP contribution in [0.2, 0.25) is 0 Å². The van der Waals surface area contributed by atoms with E-state index >= 15 is 0 Å². The molecule has 4 nitrogen and oxygen atoms in total. The van der Waals surface area contributed by atoms with Crippen LogP contribution in [0.15, 0.2) is 6.07 Å². The highest BCUT2D eigenvalue weighted by molar-refractivity contribution is 7.14. The number of aliphatic hydroxyl groups excluding tert-OH is 1. The molecule has 1 aliphatic heterocycles. The minimum atomic E-state index is -0.308. The molecule has 5 heteroatoms. The summed E-state index contributed by atoms with van der Waals surface area (Å²) in [4.78, 5) is 14.0. The zero-order valence-electron chi connectivity index (χ0n) is 12.7. The van der Waals surface area contributed by atoms with Crippen molar-refractivity contribution in [2.45, 2.75) is 45.3 Å². The van der Waals surface area contributed by atoms with E-state index in [2.05, 4.69) is 17.2 Å². The SMILES string of the molecule is Cc1cc(C(=O)NC2(C)CCOC2C)sc1C#CCCO. The van der Waals surface area contributed by atoms with Crippen molar-refractivity contribution >= 4 is 17.2 Å². The Morgan fingerprint density at radius 1 is 1.67 bits per heavy atom. The molecule has 0 radical (unpaired) electrons. The summed E-state index contributed by atoms with van der Waals surface area (Å²) in [5.41, 5.74) is 0.689. The zero-order chi connectivity index (χ0) is 15.5. The quantitative estimate of drug-likeness (QED) is 0.841. The molecule has 1 aromatic heterocycles. The number of amides is 1. The molecule has 2 unspecified atom stereocenters. The summed E-state index contributed by atoms with van der Waals surface area (Å²) < 4.78 is 5.54. The van der Waals surface area contributed by atoms with Gasteiger partial charge in [-0.3, -0.25) is 4.79 Å². The maximum atomic E-state index is 12.4. The number of nitrogens with one attached hydrogen (secondary N) is 1. The number of aryl methyl sites for hydroxylation is 1. The average Bonchev–Trinajstić information content (AvgIpc) is 2.95. The van der Waals surface area contributed by atoms with Crippen molar-refractivity contribution in [1.82, 2.24) is 5.32 Å². The summed E-state index contributed by atoms with van der Waals surface area (Å²) in [6, 6.07) is 1.87. The van der Waals surface area contributed by atoms with Gasteiger partial charge in [-0.15, -0.1) is 11.3 Å². The fraction of sp³-hybridized carbons (Fsp3) is 0.562. The number of hydrogen-bond donors (Lipinski definition) is 2. The van der Waals surface area contributed by atoms with Crippen molar-refractivity contribution in [3.05, 3.63) is 21.4 Å². The number of aliphatic hydroxyl groups is 1. The molecular weight excluding hydrogens is 286 g/mol. The molecule has 0 aromatic carbocycles. The van der Waals surface area contributed by atoms with Crippen LogP contribution in [0.5, 0.6) is 0 Å². The Kier molecular flexibility index (Phi) is 5.04. The molecule has 1 fully saturated rings. The molecule has 0 bridgehead atoms. The van der Waals surface area contributed by atoms with Crippen LogP contribution in [0.3, 0.4) is 0 Å². The highest BCUT2D eigenvalue weighted by atomic mass is 32.1. The second kappa shape index (κ2) is 6.61. The van der Waals surface area contributed by atoms with E-state index < -0.39 is 0 Å². The van der Waals surface area contributed by atoms with Gasteiger partial charge < -0.3 is 15.2 Å². The molecule has 2 rings (SSSR count). The van der Waals surface area contributed by atoms with Crippen molar-refractivity contribution in [3.8, 4) is 11.8 Å². The predicted molar refractivity (Wildman–Crippen MR) is 83.5 cm³/mol. The number of hydrogen-bond acceptors (Lipinski definition) is 4. The van der Waals surface area contributed by atoms with Gasteiger partial charge in [0.25, 0.3) is 5.91 Å². The number of rotatable bonds is 3. The lowest BCUT2D eigenvalue weighted by atomic mass is 9.94. The maximum absolute atomic E-state index is 12.4. The van der Waals surface area contributed by atoms with E-state index in [1.54, 1.807) is 0 Å². The van der Waals surface area contributed by atoms with E-state index in [9.17, 15) is 4.79 Å². The lowest BCUT2D eigenvalue weighted by Crippen LogP contribution is -2.50. The van der Waals surface area contributed by atoms with E-state index in [1.807, 2.05) is 26.8 Å². The Morgan fingerprint density at radius 3 is 3.05 bits per heavy atom. The molecule has 1 aromatic rings. The number of carbonyl (C=O) groups is 1. The summed E-state index contributed by atoms with van der Waals surface area (Å²) in [5.74, 6) is 5.82. The van der Waals surface area contributed by atoms with Crippen LogP contribution >= 0.6 is 11.3 Å². The monoisotopic (exact) mass is 307 g/mol. The molecule has 0 aliphatic carbocycles. The van der Waals surface area contributed by atoms with Crippen LogP contribution in [0.4, 0.5) is 0 Å². The van der Waals surface area contributed by atoms with E-state index in [0.29, 0.717) is 17.9 Å². The molecule has 21 heavy (non-hydrogen) atoms. The highest BCUT2D eigenvalue weighted by Gasteiger charge is 2.38. The highest BCUT2D eigenvalue weighted by Crippen LogP contribution is 2.27. The van der Waals surface area contributed by atoms with E-state index in [4.69, 9.17) is 9.84 Å². The van der Waals surface area contributed by atoms with Gasteiger partial charge in [0, 0.05) is 13.0 Å². The summed E-state index contributed by atoms with van der Waals surface area (Å²) in [6.45, 7) is 6.68. The first-order valence-corrected chi connectivity index (χ1v) is 7.92. The minimum absolute atomic E-state index is 0.0197. The normalized spacial score (nSPS) is 24.5. The predicted octanol–water partition coefficient (Wildman–Crippen LogP) is 2.09. The second-order valence-electron chi connectivity index (χ2n) is 5.53. The number of thiophene rings is 1. The maximum Gasteiger partial charge on any atom is 0.261 e. The van der Waals surface area contributed by atoms with E-state index in [-0.39, 0.29) is 24.2 Å².